The molecular formula is C25H26N2O2. The number of benzene rings is 3. The summed E-state index contributed by atoms with van der Waals surface area (Å²) in [6, 6.07) is 26.1. The predicted molar refractivity (Wildman–Crippen MR) is 115 cm³/mol. The van der Waals surface area contributed by atoms with Crippen molar-refractivity contribution in [3.05, 3.63) is 107 Å². The molecule has 3 aromatic carbocycles. The van der Waals surface area contributed by atoms with Crippen LogP contribution in [0.4, 0.5) is 0 Å². The van der Waals surface area contributed by atoms with Crippen LogP contribution in [0.3, 0.4) is 0 Å². The van der Waals surface area contributed by atoms with Gasteiger partial charge in [-0.15, -0.1) is 0 Å². The van der Waals surface area contributed by atoms with Crippen LogP contribution in [0.5, 0.6) is 0 Å². The van der Waals surface area contributed by atoms with Crippen LogP contribution in [-0.2, 0) is 21.4 Å². The Morgan fingerprint density at radius 3 is 1.83 bits per heavy atom. The standard InChI is InChI=1S/C25H26N2O2/c1-18-11-9-10-12-19(18)17-22(23(26)28)27-24(29)25(2,20-13-5-3-6-14-20)21-15-7-4-8-16-21/h3-16,22H,17H2,1-2H3,(H2,26,28)(H,27,29)/t22-/m0/s1. The zero-order chi connectivity index (χ0) is 20.9. The topological polar surface area (TPSA) is 72.2 Å². The van der Waals surface area contributed by atoms with Crippen molar-refractivity contribution in [2.24, 2.45) is 5.73 Å². The van der Waals surface area contributed by atoms with Crippen molar-refractivity contribution >= 4 is 11.8 Å². The highest BCUT2D eigenvalue weighted by Crippen LogP contribution is 2.32. The van der Waals surface area contributed by atoms with E-state index < -0.39 is 17.4 Å². The predicted octanol–water partition coefficient (Wildman–Crippen LogP) is 3.51. The Kier molecular flexibility index (Phi) is 6.13. The van der Waals surface area contributed by atoms with Crippen LogP contribution in [0.1, 0.15) is 29.2 Å². The number of aryl methyl sites for hydroxylation is 1. The smallest absolute Gasteiger partial charge is 0.240 e. The summed E-state index contributed by atoms with van der Waals surface area (Å²) in [7, 11) is 0. The molecule has 3 N–H and O–H groups in total. The maximum atomic E-state index is 13.5. The van der Waals surface area contributed by atoms with Crippen LogP contribution in [0.25, 0.3) is 0 Å². The van der Waals surface area contributed by atoms with Gasteiger partial charge in [-0.1, -0.05) is 84.9 Å². The average molecular weight is 386 g/mol. The van der Waals surface area contributed by atoms with Crippen molar-refractivity contribution in [2.75, 3.05) is 0 Å². The summed E-state index contributed by atoms with van der Waals surface area (Å²) in [5, 5.41) is 2.92. The highest BCUT2D eigenvalue weighted by atomic mass is 16.2. The SMILES string of the molecule is Cc1ccccc1C[C@H](NC(=O)C(C)(c1ccccc1)c1ccccc1)C(N)=O. The number of nitrogens with two attached hydrogens (primary N) is 1. The van der Waals surface area contributed by atoms with Crippen molar-refractivity contribution in [1.29, 1.82) is 0 Å². The molecule has 1 atom stereocenters. The quantitative estimate of drug-likeness (QED) is 0.652. The van der Waals surface area contributed by atoms with Gasteiger partial charge >= 0.3 is 0 Å². The van der Waals surface area contributed by atoms with Crippen LogP contribution < -0.4 is 11.1 Å². The van der Waals surface area contributed by atoms with Crippen molar-refractivity contribution < 1.29 is 9.59 Å². The number of amides is 2. The number of nitrogens with one attached hydrogen (secondary N) is 1. The number of hydrogen-bond acceptors (Lipinski definition) is 2. The fourth-order valence-corrected chi connectivity index (χ4v) is 3.56. The molecule has 0 aliphatic carbocycles. The van der Waals surface area contributed by atoms with Crippen LogP contribution in [-0.4, -0.2) is 17.9 Å². The van der Waals surface area contributed by atoms with Crippen LogP contribution in [0.2, 0.25) is 0 Å². The van der Waals surface area contributed by atoms with E-state index in [1.54, 1.807) is 0 Å². The third kappa shape index (κ3) is 4.37. The van der Waals surface area contributed by atoms with E-state index in [0.717, 1.165) is 22.3 Å². The first-order valence-corrected chi connectivity index (χ1v) is 9.68. The van der Waals surface area contributed by atoms with Crippen molar-refractivity contribution in [1.82, 2.24) is 5.32 Å². The molecule has 2 amide bonds. The van der Waals surface area contributed by atoms with E-state index in [4.69, 9.17) is 5.73 Å². The molecular weight excluding hydrogens is 360 g/mol. The van der Waals surface area contributed by atoms with Gasteiger partial charge in [0.25, 0.3) is 0 Å². The van der Waals surface area contributed by atoms with E-state index in [2.05, 4.69) is 5.32 Å². The monoisotopic (exact) mass is 386 g/mol. The van der Waals surface area contributed by atoms with E-state index in [1.807, 2.05) is 98.8 Å². The molecule has 0 aliphatic rings. The van der Waals surface area contributed by atoms with E-state index in [1.165, 1.54) is 0 Å². The molecule has 0 saturated heterocycles. The van der Waals surface area contributed by atoms with Crippen LogP contribution in [0, 0.1) is 6.92 Å². The summed E-state index contributed by atoms with van der Waals surface area (Å²) >= 11 is 0. The Labute approximate surface area is 171 Å². The highest BCUT2D eigenvalue weighted by Gasteiger charge is 2.38. The van der Waals surface area contributed by atoms with Gasteiger partial charge in [0.2, 0.25) is 11.8 Å². The first kappa shape index (κ1) is 20.3. The number of carbonyl (C=O) groups excluding carboxylic acids is 2. The molecule has 0 aromatic heterocycles. The Balaban J connectivity index is 1.95. The van der Waals surface area contributed by atoms with Crippen molar-refractivity contribution in [2.45, 2.75) is 31.7 Å². The summed E-state index contributed by atoms with van der Waals surface area (Å²) in [6.07, 6.45) is 0.355. The fraction of sp³-hybridized carbons (Fsp3) is 0.200. The van der Waals surface area contributed by atoms with Gasteiger partial charge in [-0.2, -0.15) is 0 Å². The van der Waals surface area contributed by atoms with Crippen molar-refractivity contribution in [3.63, 3.8) is 0 Å². The van der Waals surface area contributed by atoms with Gasteiger partial charge in [-0.3, -0.25) is 9.59 Å². The largest absolute Gasteiger partial charge is 0.368 e. The lowest BCUT2D eigenvalue weighted by molar-refractivity contribution is -0.129. The average Bonchev–Trinajstić information content (AvgIpc) is 2.75. The second-order valence-electron chi connectivity index (χ2n) is 7.42. The van der Waals surface area contributed by atoms with E-state index in [-0.39, 0.29) is 5.91 Å². The number of primary amides is 1. The van der Waals surface area contributed by atoms with Gasteiger partial charge in [-0.05, 0) is 36.1 Å². The minimum absolute atomic E-state index is 0.257. The minimum atomic E-state index is -0.956. The third-order valence-electron chi connectivity index (χ3n) is 5.49. The van der Waals surface area contributed by atoms with Gasteiger partial charge in [-0.25, -0.2) is 0 Å². The first-order valence-electron chi connectivity index (χ1n) is 9.68. The van der Waals surface area contributed by atoms with Gasteiger partial charge < -0.3 is 11.1 Å². The molecule has 3 rings (SSSR count). The Morgan fingerprint density at radius 2 is 1.34 bits per heavy atom. The molecule has 0 aliphatic heterocycles. The van der Waals surface area contributed by atoms with Gasteiger partial charge in [0, 0.05) is 6.42 Å². The molecule has 4 nitrogen and oxygen atoms in total. The first-order chi connectivity index (χ1) is 13.9. The zero-order valence-electron chi connectivity index (χ0n) is 16.8. The normalized spacial score (nSPS) is 12.2. The maximum Gasteiger partial charge on any atom is 0.240 e. The van der Waals surface area contributed by atoms with E-state index in [0.29, 0.717) is 6.42 Å². The lowest BCUT2D eigenvalue weighted by Crippen LogP contribution is -2.52. The van der Waals surface area contributed by atoms with E-state index in [9.17, 15) is 9.59 Å². The summed E-state index contributed by atoms with van der Waals surface area (Å²) in [5.41, 5.74) is 8.43. The van der Waals surface area contributed by atoms with Crippen molar-refractivity contribution in [3.8, 4) is 0 Å². The summed E-state index contributed by atoms with van der Waals surface area (Å²) in [5.74, 6) is -0.808. The molecule has 0 heterocycles. The lowest BCUT2D eigenvalue weighted by Gasteiger charge is -2.31. The maximum absolute atomic E-state index is 13.5. The molecule has 0 bridgehead atoms. The second-order valence-corrected chi connectivity index (χ2v) is 7.42. The summed E-state index contributed by atoms with van der Waals surface area (Å²) < 4.78 is 0. The summed E-state index contributed by atoms with van der Waals surface area (Å²) in [4.78, 5) is 25.7. The summed E-state index contributed by atoms with van der Waals surface area (Å²) in [6.45, 7) is 3.85. The molecule has 0 spiro atoms. The molecule has 0 saturated carbocycles. The number of hydrogen-bond donors (Lipinski definition) is 2. The molecule has 0 unspecified atom stereocenters. The molecule has 4 heteroatoms. The molecule has 29 heavy (non-hydrogen) atoms. The molecule has 0 radical (unpaired) electrons. The fourth-order valence-electron chi connectivity index (χ4n) is 3.56. The lowest BCUT2D eigenvalue weighted by atomic mass is 9.75. The Morgan fingerprint density at radius 1 is 0.862 bits per heavy atom. The highest BCUT2D eigenvalue weighted by molar-refractivity contribution is 5.95. The molecule has 0 fully saturated rings. The van der Waals surface area contributed by atoms with Crippen LogP contribution in [0.15, 0.2) is 84.9 Å². The molecule has 3 aromatic rings. The zero-order valence-corrected chi connectivity index (χ0v) is 16.8. The third-order valence-corrected chi connectivity index (χ3v) is 5.49. The second kappa shape index (κ2) is 8.74. The van der Waals surface area contributed by atoms with Crippen LogP contribution >= 0.6 is 0 Å². The Hall–Kier alpha value is -3.40. The van der Waals surface area contributed by atoms with Gasteiger partial charge in [0.15, 0.2) is 0 Å². The number of rotatable bonds is 7. The molecule has 148 valence electrons. The van der Waals surface area contributed by atoms with Gasteiger partial charge in [0.1, 0.15) is 6.04 Å². The van der Waals surface area contributed by atoms with Gasteiger partial charge in [0.05, 0.1) is 5.41 Å². The Bertz CT molecular complexity index is 944. The minimum Gasteiger partial charge on any atom is -0.368 e. The number of carbonyl (C=O) groups is 2. The van der Waals surface area contributed by atoms with E-state index >= 15 is 0 Å².